The number of aromatic hydroxyl groups is 2. The summed E-state index contributed by atoms with van der Waals surface area (Å²) in [4.78, 5) is 28.0. The Morgan fingerprint density at radius 3 is 1.93 bits per heavy atom. The Kier molecular flexibility index (Phi) is 4.36. The molecule has 28 heavy (non-hydrogen) atoms. The highest BCUT2D eigenvalue weighted by molar-refractivity contribution is 5.80. The van der Waals surface area contributed by atoms with Crippen LogP contribution in [-0.4, -0.2) is 33.9 Å². The number of hydrogen-bond acceptors (Lipinski definition) is 7. The van der Waals surface area contributed by atoms with E-state index >= 15 is 0 Å². The molecule has 8 heteroatoms. The minimum Gasteiger partial charge on any atom is -0.492 e. The number of rotatable bonds is 3. The third-order valence-electron chi connectivity index (χ3n) is 4.46. The molecule has 1 aromatic heterocycles. The van der Waals surface area contributed by atoms with E-state index in [0.29, 0.717) is 4.73 Å². The van der Waals surface area contributed by atoms with Crippen molar-refractivity contribution in [2.24, 2.45) is 0 Å². The van der Waals surface area contributed by atoms with Crippen molar-refractivity contribution >= 4 is 12.3 Å². The molecule has 2 N–H and O–H groups in total. The summed E-state index contributed by atoms with van der Waals surface area (Å²) in [7, 11) is 0. The lowest BCUT2D eigenvalue weighted by Gasteiger charge is -2.13. The van der Waals surface area contributed by atoms with Gasteiger partial charge in [0.25, 0.3) is 0 Å². The van der Waals surface area contributed by atoms with Crippen LogP contribution >= 0.6 is 0 Å². The highest BCUT2D eigenvalue weighted by Gasteiger charge is 2.29. The number of fused-ring (bicyclic) bond motifs is 3. The molecule has 8 nitrogen and oxygen atoms in total. The van der Waals surface area contributed by atoms with Crippen LogP contribution in [0.4, 0.5) is 9.59 Å². The molecule has 0 saturated carbocycles. The second-order valence-electron chi connectivity index (χ2n) is 6.08. The molecule has 0 bridgehead atoms. The van der Waals surface area contributed by atoms with Gasteiger partial charge in [-0.15, -0.1) is 4.73 Å². The summed E-state index contributed by atoms with van der Waals surface area (Å²) >= 11 is 0. The van der Waals surface area contributed by atoms with Gasteiger partial charge in [0.15, 0.2) is 0 Å². The normalized spacial score (nSPS) is 12.1. The molecule has 0 unspecified atom stereocenters. The monoisotopic (exact) mass is 381 g/mol. The van der Waals surface area contributed by atoms with E-state index in [1.165, 1.54) is 0 Å². The van der Waals surface area contributed by atoms with E-state index in [1.54, 1.807) is 0 Å². The van der Waals surface area contributed by atoms with Crippen LogP contribution in [0.15, 0.2) is 60.7 Å². The molecule has 0 saturated heterocycles. The average molecular weight is 381 g/mol. The first-order chi connectivity index (χ1) is 13.5. The first-order valence-corrected chi connectivity index (χ1v) is 8.39. The van der Waals surface area contributed by atoms with E-state index in [9.17, 15) is 19.8 Å². The van der Waals surface area contributed by atoms with Crippen LogP contribution in [0.2, 0.25) is 0 Å². The van der Waals surface area contributed by atoms with Crippen molar-refractivity contribution in [2.75, 3.05) is 6.61 Å². The molecule has 1 heterocycles. The van der Waals surface area contributed by atoms with Crippen molar-refractivity contribution in [1.82, 2.24) is 4.73 Å². The Labute approximate surface area is 159 Å². The predicted molar refractivity (Wildman–Crippen MR) is 95.9 cm³/mol. The predicted octanol–water partition coefficient (Wildman–Crippen LogP) is 3.41. The van der Waals surface area contributed by atoms with E-state index < -0.39 is 24.1 Å². The Hall–Kier alpha value is -3.94. The van der Waals surface area contributed by atoms with Crippen LogP contribution < -0.4 is 4.84 Å². The third kappa shape index (κ3) is 3.11. The van der Waals surface area contributed by atoms with Gasteiger partial charge in [-0.05, 0) is 22.3 Å². The Bertz CT molecular complexity index is 991. The molecule has 1 aliphatic carbocycles. The van der Waals surface area contributed by atoms with Crippen molar-refractivity contribution < 1.29 is 34.1 Å². The number of carbonyl (C=O) groups is 2. The fourth-order valence-electron chi connectivity index (χ4n) is 3.28. The summed E-state index contributed by atoms with van der Waals surface area (Å²) in [5.41, 5.74) is 4.17. The molecule has 0 amide bonds. The van der Waals surface area contributed by atoms with E-state index in [1.807, 2.05) is 48.5 Å². The molecule has 3 aromatic rings. The fourth-order valence-corrected chi connectivity index (χ4v) is 3.28. The summed E-state index contributed by atoms with van der Waals surface area (Å²) in [6.45, 7) is -0.0276. The Morgan fingerprint density at radius 1 is 0.821 bits per heavy atom. The number of nitrogens with zero attached hydrogens (tertiary/aromatic N) is 1. The van der Waals surface area contributed by atoms with Gasteiger partial charge in [-0.3, -0.25) is 4.84 Å². The molecular weight excluding hydrogens is 366 g/mol. The van der Waals surface area contributed by atoms with Crippen LogP contribution in [0.5, 0.6) is 11.8 Å². The van der Waals surface area contributed by atoms with Gasteiger partial charge in [-0.1, -0.05) is 48.5 Å². The lowest BCUT2D eigenvalue weighted by Crippen LogP contribution is -2.24. The zero-order chi connectivity index (χ0) is 19.7. The zero-order valence-corrected chi connectivity index (χ0v) is 14.4. The average Bonchev–Trinajstić information content (AvgIpc) is 3.18. The maximum atomic E-state index is 11.9. The number of aromatic nitrogens is 1. The lowest BCUT2D eigenvalue weighted by molar-refractivity contribution is 0.0239. The van der Waals surface area contributed by atoms with Gasteiger partial charge in [0, 0.05) is 18.1 Å². The largest absolute Gasteiger partial charge is 0.544 e. The minimum absolute atomic E-state index is 0.0276. The molecular formula is C20H15NO7. The number of benzene rings is 2. The van der Waals surface area contributed by atoms with E-state index in [4.69, 9.17) is 4.74 Å². The van der Waals surface area contributed by atoms with E-state index in [-0.39, 0.29) is 12.5 Å². The highest BCUT2D eigenvalue weighted by Crippen LogP contribution is 2.44. The molecule has 0 fully saturated rings. The molecule has 0 atom stereocenters. The van der Waals surface area contributed by atoms with Gasteiger partial charge < -0.3 is 19.7 Å². The van der Waals surface area contributed by atoms with E-state index in [2.05, 4.69) is 9.57 Å². The van der Waals surface area contributed by atoms with Gasteiger partial charge in [-0.25, -0.2) is 9.59 Å². The molecule has 1 aliphatic rings. The standard InChI is InChI=1S/C20H15NO7/c22-17-9-10-18(23)21(17)28-20(25)27-19(24)26-11-16-14-7-3-1-5-12(14)13-6-2-4-8-15(13)16/h1-10,16,22-23H,11H2. The molecule has 0 aliphatic heterocycles. The van der Waals surface area contributed by atoms with Crippen LogP contribution in [0.1, 0.15) is 17.0 Å². The van der Waals surface area contributed by atoms with Crippen molar-refractivity contribution in [3.8, 4) is 22.9 Å². The second kappa shape index (κ2) is 6.99. The van der Waals surface area contributed by atoms with Crippen LogP contribution in [0, 0.1) is 0 Å². The maximum absolute atomic E-state index is 11.9. The SMILES string of the molecule is O=C(OCC1c2ccccc2-c2ccccc21)OC(=O)On1c(O)ccc1O. The zero-order valence-electron chi connectivity index (χ0n) is 14.4. The van der Waals surface area contributed by atoms with Crippen LogP contribution in [-0.2, 0) is 9.47 Å². The Balaban J connectivity index is 1.41. The summed E-state index contributed by atoms with van der Waals surface area (Å²) in [6, 6.07) is 17.8. The number of carbonyl (C=O) groups excluding carboxylic acids is 2. The Morgan fingerprint density at radius 2 is 1.36 bits per heavy atom. The summed E-state index contributed by atoms with van der Waals surface area (Å²) in [5.74, 6) is -1.27. The van der Waals surface area contributed by atoms with Gasteiger partial charge in [0.1, 0.15) is 6.61 Å². The van der Waals surface area contributed by atoms with Gasteiger partial charge >= 0.3 is 12.3 Å². The second-order valence-corrected chi connectivity index (χ2v) is 6.08. The minimum atomic E-state index is -1.46. The number of hydrogen-bond donors (Lipinski definition) is 2. The molecule has 4 rings (SSSR count). The fraction of sp³-hybridized carbons (Fsp3) is 0.100. The molecule has 2 aromatic carbocycles. The smallest absolute Gasteiger partial charge is 0.492 e. The summed E-state index contributed by atoms with van der Waals surface area (Å²) in [5, 5.41) is 18.8. The van der Waals surface area contributed by atoms with Crippen molar-refractivity contribution in [2.45, 2.75) is 5.92 Å². The number of ether oxygens (including phenoxy) is 2. The van der Waals surface area contributed by atoms with Gasteiger partial charge in [-0.2, -0.15) is 0 Å². The van der Waals surface area contributed by atoms with Crippen molar-refractivity contribution in [1.29, 1.82) is 0 Å². The first-order valence-electron chi connectivity index (χ1n) is 8.39. The van der Waals surface area contributed by atoms with Crippen molar-refractivity contribution in [3.63, 3.8) is 0 Å². The third-order valence-corrected chi connectivity index (χ3v) is 4.46. The molecule has 0 radical (unpaired) electrons. The van der Waals surface area contributed by atoms with Crippen molar-refractivity contribution in [3.05, 3.63) is 71.8 Å². The lowest BCUT2D eigenvalue weighted by atomic mass is 9.98. The summed E-state index contributed by atoms with van der Waals surface area (Å²) < 4.78 is 9.90. The first kappa shape index (κ1) is 17.5. The van der Waals surface area contributed by atoms with Crippen LogP contribution in [0.25, 0.3) is 11.1 Å². The molecule has 142 valence electrons. The van der Waals surface area contributed by atoms with E-state index in [0.717, 1.165) is 34.4 Å². The van der Waals surface area contributed by atoms with Gasteiger partial charge in [0.05, 0.1) is 0 Å². The topological polar surface area (TPSA) is 107 Å². The van der Waals surface area contributed by atoms with Crippen LogP contribution in [0.3, 0.4) is 0 Å². The quantitative estimate of drug-likeness (QED) is 0.529. The summed E-state index contributed by atoms with van der Waals surface area (Å²) in [6.07, 6.45) is -2.71. The van der Waals surface area contributed by atoms with Gasteiger partial charge in [0.2, 0.25) is 11.8 Å². The highest BCUT2D eigenvalue weighted by atomic mass is 16.9. The maximum Gasteiger partial charge on any atom is 0.544 e. The molecule has 0 spiro atoms.